The van der Waals surface area contributed by atoms with E-state index in [-0.39, 0.29) is 0 Å². The van der Waals surface area contributed by atoms with Crippen molar-refractivity contribution >= 4 is 12.2 Å². The zero-order chi connectivity index (χ0) is 13.2. The number of fused-ring (bicyclic) bond motifs is 1. The molecule has 0 saturated carbocycles. The van der Waals surface area contributed by atoms with Crippen molar-refractivity contribution in [2.24, 2.45) is 0 Å². The number of rotatable bonds is 1. The van der Waals surface area contributed by atoms with E-state index in [1.807, 2.05) is 13.0 Å². The minimum Gasteiger partial charge on any atom is -0.342 e. The fourth-order valence-electron chi connectivity index (χ4n) is 2.51. The van der Waals surface area contributed by atoms with Crippen LogP contribution in [-0.4, -0.2) is 19.9 Å². The van der Waals surface area contributed by atoms with Crippen LogP contribution in [0.3, 0.4) is 0 Å². The Morgan fingerprint density at radius 2 is 2.00 bits per heavy atom. The summed E-state index contributed by atoms with van der Waals surface area (Å²) in [6, 6.07) is 1.86. The number of nitrogens with zero attached hydrogens (tertiary/aromatic N) is 3. The third-order valence-corrected chi connectivity index (χ3v) is 3.81. The van der Waals surface area contributed by atoms with Crippen molar-refractivity contribution in [3.8, 4) is 11.5 Å². The molecular formula is C14H16N4S. The lowest BCUT2D eigenvalue weighted by Crippen LogP contribution is -2.03. The predicted octanol–water partition coefficient (Wildman–Crippen LogP) is 3.17. The Labute approximate surface area is 117 Å². The molecule has 0 aromatic carbocycles. The van der Waals surface area contributed by atoms with Gasteiger partial charge in [-0.15, -0.1) is 0 Å². The first kappa shape index (κ1) is 12.4. The zero-order valence-corrected chi connectivity index (χ0v) is 11.8. The second-order valence-electron chi connectivity index (χ2n) is 4.90. The molecule has 0 amide bonds. The van der Waals surface area contributed by atoms with Crippen LogP contribution in [0.25, 0.3) is 11.5 Å². The minimum absolute atomic E-state index is 0.724. The summed E-state index contributed by atoms with van der Waals surface area (Å²) in [5.41, 5.74) is 3.27. The maximum Gasteiger partial charge on any atom is 0.157 e. The van der Waals surface area contributed by atoms with E-state index in [1.54, 1.807) is 6.20 Å². The molecule has 0 radical (unpaired) electrons. The fraction of sp³-hybridized carbons (Fsp3) is 0.429. The van der Waals surface area contributed by atoms with Gasteiger partial charge in [0.25, 0.3) is 0 Å². The van der Waals surface area contributed by atoms with E-state index in [0.29, 0.717) is 0 Å². The molecule has 0 spiro atoms. The van der Waals surface area contributed by atoms with Crippen molar-refractivity contribution in [1.82, 2.24) is 19.9 Å². The Balaban J connectivity index is 2.11. The van der Waals surface area contributed by atoms with E-state index in [4.69, 9.17) is 12.2 Å². The number of hydrogen-bond donors (Lipinski definition) is 1. The average molecular weight is 272 g/mol. The highest BCUT2D eigenvalue weighted by atomic mass is 32.1. The van der Waals surface area contributed by atoms with Gasteiger partial charge in [-0.2, -0.15) is 0 Å². The quantitative estimate of drug-likeness (QED) is 0.640. The molecule has 2 heterocycles. The van der Waals surface area contributed by atoms with Gasteiger partial charge in [0.1, 0.15) is 16.2 Å². The average Bonchev–Trinajstić information content (AvgIpc) is 2.64. The highest BCUT2D eigenvalue weighted by molar-refractivity contribution is 7.71. The maximum atomic E-state index is 5.44. The number of nitrogens with one attached hydrogen (secondary N) is 1. The van der Waals surface area contributed by atoms with Gasteiger partial charge in [-0.05, 0) is 38.7 Å². The van der Waals surface area contributed by atoms with Gasteiger partial charge in [-0.1, -0.05) is 18.6 Å². The van der Waals surface area contributed by atoms with Crippen molar-refractivity contribution in [1.29, 1.82) is 0 Å². The van der Waals surface area contributed by atoms with E-state index >= 15 is 0 Å². The molecule has 4 nitrogen and oxygen atoms in total. The predicted molar refractivity (Wildman–Crippen MR) is 76.4 cm³/mol. The van der Waals surface area contributed by atoms with Crippen molar-refractivity contribution < 1.29 is 0 Å². The van der Waals surface area contributed by atoms with E-state index in [9.17, 15) is 0 Å². The summed E-state index contributed by atoms with van der Waals surface area (Å²) in [7, 11) is 0. The molecule has 1 aliphatic rings. The summed E-state index contributed by atoms with van der Waals surface area (Å²) in [5, 5.41) is 0. The van der Waals surface area contributed by atoms with E-state index < -0.39 is 0 Å². The molecular weight excluding hydrogens is 256 g/mol. The molecule has 1 N–H and O–H groups in total. The largest absolute Gasteiger partial charge is 0.342 e. The lowest BCUT2D eigenvalue weighted by Gasteiger charge is -2.09. The van der Waals surface area contributed by atoms with Gasteiger partial charge >= 0.3 is 0 Å². The van der Waals surface area contributed by atoms with Crippen molar-refractivity contribution in [3.05, 3.63) is 34.0 Å². The van der Waals surface area contributed by atoms with Crippen LogP contribution in [0.1, 0.15) is 36.3 Å². The van der Waals surface area contributed by atoms with Crippen LogP contribution in [0.4, 0.5) is 0 Å². The maximum absolute atomic E-state index is 5.44. The molecule has 0 aliphatic heterocycles. The molecule has 0 fully saturated rings. The van der Waals surface area contributed by atoms with Gasteiger partial charge in [-0.3, -0.25) is 0 Å². The van der Waals surface area contributed by atoms with Gasteiger partial charge in [-0.25, -0.2) is 15.0 Å². The van der Waals surface area contributed by atoms with Gasteiger partial charge in [0.15, 0.2) is 5.82 Å². The third-order valence-electron chi connectivity index (χ3n) is 3.48. The van der Waals surface area contributed by atoms with Gasteiger partial charge in [0.05, 0.1) is 0 Å². The first-order chi connectivity index (χ1) is 9.24. The SMILES string of the molecule is Cc1nccc(-c2nc(=S)c3c([nH]2)CCCCC3)n1. The molecule has 5 heteroatoms. The summed E-state index contributed by atoms with van der Waals surface area (Å²) in [5.74, 6) is 1.50. The topological polar surface area (TPSA) is 54.5 Å². The summed E-state index contributed by atoms with van der Waals surface area (Å²) < 4.78 is 0.724. The Morgan fingerprint density at radius 1 is 1.16 bits per heavy atom. The lowest BCUT2D eigenvalue weighted by atomic mass is 10.1. The third kappa shape index (κ3) is 2.56. The summed E-state index contributed by atoms with van der Waals surface area (Å²) in [6.07, 6.45) is 7.53. The highest BCUT2D eigenvalue weighted by Gasteiger charge is 2.13. The van der Waals surface area contributed by atoms with Gasteiger partial charge in [0.2, 0.25) is 0 Å². The van der Waals surface area contributed by atoms with Crippen molar-refractivity contribution in [3.63, 3.8) is 0 Å². The molecule has 0 bridgehead atoms. The van der Waals surface area contributed by atoms with E-state index in [2.05, 4.69) is 19.9 Å². The number of hydrogen-bond acceptors (Lipinski definition) is 4. The Bertz CT molecular complexity index is 663. The molecule has 2 aromatic rings. The molecule has 3 rings (SSSR count). The lowest BCUT2D eigenvalue weighted by molar-refractivity contribution is 0.708. The first-order valence-electron chi connectivity index (χ1n) is 6.66. The van der Waals surface area contributed by atoms with Crippen LogP contribution in [0.15, 0.2) is 12.3 Å². The number of aromatic amines is 1. The Kier molecular flexibility index (Phi) is 3.38. The standard InChI is InChI=1S/C14H16N4S/c1-9-15-8-7-12(16-9)13-17-11-6-4-2-3-5-10(11)14(19)18-13/h7-8H,2-6H2,1H3,(H,17,18,19). The van der Waals surface area contributed by atoms with Crippen molar-refractivity contribution in [2.75, 3.05) is 0 Å². The monoisotopic (exact) mass is 272 g/mol. The van der Waals surface area contributed by atoms with E-state index in [1.165, 1.54) is 30.5 Å². The molecule has 98 valence electrons. The fourth-order valence-corrected chi connectivity index (χ4v) is 2.82. The summed E-state index contributed by atoms with van der Waals surface area (Å²) in [6.45, 7) is 1.88. The normalized spacial score (nSPS) is 14.8. The molecule has 0 saturated heterocycles. The van der Waals surface area contributed by atoms with Crippen molar-refractivity contribution in [2.45, 2.75) is 39.0 Å². The van der Waals surface area contributed by atoms with Crippen LogP contribution < -0.4 is 0 Å². The van der Waals surface area contributed by atoms with E-state index in [0.717, 1.165) is 34.8 Å². The Hall–Kier alpha value is -1.62. The number of aromatic nitrogens is 4. The molecule has 0 atom stereocenters. The highest BCUT2D eigenvalue weighted by Crippen LogP contribution is 2.22. The Morgan fingerprint density at radius 3 is 2.84 bits per heavy atom. The van der Waals surface area contributed by atoms with Crippen LogP contribution >= 0.6 is 12.2 Å². The minimum atomic E-state index is 0.724. The van der Waals surface area contributed by atoms with Crippen LogP contribution in [0.5, 0.6) is 0 Å². The van der Waals surface area contributed by atoms with Crippen LogP contribution in [-0.2, 0) is 12.8 Å². The van der Waals surface area contributed by atoms with Gasteiger partial charge in [0, 0.05) is 17.5 Å². The smallest absolute Gasteiger partial charge is 0.157 e. The second-order valence-corrected chi connectivity index (χ2v) is 5.28. The summed E-state index contributed by atoms with van der Waals surface area (Å²) >= 11 is 5.44. The van der Waals surface area contributed by atoms with Crippen LogP contribution in [0, 0.1) is 11.6 Å². The van der Waals surface area contributed by atoms with Crippen LogP contribution in [0.2, 0.25) is 0 Å². The number of H-pyrrole nitrogens is 1. The zero-order valence-electron chi connectivity index (χ0n) is 10.9. The molecule has 0 unspecified atom stereocenters. The molecule has 1 aliphatic carbocycles. The van der Waals surface area contributed by atoms with Gasteiger partial charge < -0.3 is 4.98 Å². The second kappa shape index (κ2) is 5.17. The first-order valence-corrected chi connectivity index (χ1v) is 7.07. The number of aryl methyl sites for hydroxylation is 2. The molecule has 2 aromatic heterocycles. The summed E-state index contributed by atoms with van der Waals surface area (Å²) in [4.78, 5) is 16.4. The molecule has 19 heavy (non-hydrogen) atoms.